The predicted molar refractivity (Wildman–Crippen MR) is 53.7 cm³/mol. The van der Waals surface area contributed by atoms with E-state index < -0.39 is 0 Å². The maximum atomic E-state index is 5.32. The minimum absolute atomic E-state index is 0.248. The van der Waals surface area contributed by atoms with Crippen LogP contribution in [0, 0.1) is 6.92 Å². The van der Waals surface area contributed by atoms with Gasteiger partial charge >= 0.3 is 0 Å². The highest BCUT2D eigenvalue weighted by Gasteiger charge is 1.94. The zero-order valence-corrected chi connectivity index (χ0v) is 8.37. The molecule has 0 aliphatic carbocycles. The van der Waals surface area contributed by atoms with Crippen molar-refractivity contribution in [3.05, 3.63) is 23.9 Å². The van der Waals surface area contributed by atoms with E-state index in [0.29, 0.717) is 6.73 Å². The number of hydrogen-bond acceptors (Lipinski definition) is 3. The standard InChI is InChI=1S/C10H16N2O/c1-8(2)13-7-12-10-5-4-9(3)6-11-10/h4-6,8H,7H2,1-3H3,(H,11,12). The van der Waals surface area contributed by atoms with Gasteiger partial charge in [-0.15, -0.1) is 0 Å². The Morgan fingerprint density at radius 2 is 2.23 bits per heavy atom. The molecule has 0 saturated carbocycles. The number of aromatic nitrogens is 1. The molecule has 3 heteroatoms. The van der Waals surface area contributed by atoms with Crippen LogP contribution in [-0.2, 0) is 4.74 Å². The monoisotopic (exact) mass is 180 g/mol. The van der Waals surface area contributed by atoms with Crippen LogP contribution < -0.4 is 5.32 Å². The Balaban J connectivity index is 2.33. The van der Waals surface area contributed by atoms with E-state index in [1.807, 2.05) is 39.1 Å². The number of rotatable bonds is 4. The van der Waals surface area contributed by atoms with Crippen molar-refractivity contribution in [3.63, 3.8) is 0 Å². The van der Waals surface area contributed by atoms with Crippen LogP contribution in [0.4, 0.5) is 5.82 Å². The van der Waals surface area contributed by atoms with E-state index in [2.05, 4.69) is 10.3 Å². The quantitative estimate of drug-likeness (QED) is 0.721. The molecule has 0 aliphatic heterocycles. The van der Waals surface area contributed by atoms with Crippen LogP contribution >= 0.6 is 0 Å². The predicted octanol–water partition coefficient (Wildman–Crippen LogP) is 2.18. The smallest absolute Gasteiger partial charge is 0.127 e. The molecule has 0 bridgehead atoms. The van der Waals surface area contributed by atoms with E-state index in [-0.39, 0.29) is 6.10 Å². The fourth-order valence-electron chi connectivity index (χ4n) is 0.855. The summed E-state index contributed by atoms with van der Waals surface area (Å²) in [6, 6.07) is 3.96. The van der Waals surface area contributed by atoms with Crippen LogP contribution in [0.15, 0.2) is 18.3 Å². The Hall–Kier alpha value is -1.09. The number of nitrogens with one attached hydrogen (secondary N) is 1. The molecule has 1 aromatic rings. The van der Waals surface area contributed by atoms with Crippen molar-refractivity contribution in [3.8, 4) is 0 Å². The largest absolute Gasteiger partial charge is 0.359 e. The van der Waals surface area contributed by atoms with Crippen molar-refractivity contribution >= 4 is 5.82 Å². The zero-order valence-electron chi connectivity index (χ0n) is 8.37. The van der Waals surface area contributed by atoms with Crippen molar-refractivity contribution in [2.45, 2.75) is 26.9 Å². The molecule has 0 aliphatic rings. The van der Waals surface area contributed by atoms with E-state index in [1.165, 1.54) is 0 Å². The average molecular weight is 180 g/mol. The summed E-state index contributed by atoms with van der Waals surface area (Å²) in [5.41, 5.74) is 1.16. The molecule has 0 aromatic carbocycles. The SMILES string of the molecule is Cc1ccc(NCOC(C)C)nc1. The van der Waals surface area contributed by atoms with E-state index in [4.69, 9.17) is 4.74 Å². The van der Waals surface area contributed by atoms with Gasteiger partial charge in [-0.2, -0.15) is 0 Å². The summed E-state index contributed by atoms with van der Waals surface area (Å²) < 4.78 is 5.32. The summed E-state index contributed by atoms with van der Waals surface area (Å²) in [5.74, 6) is 0.853. The average Bonchev–Trinajstić information content (AvgIpc) is 2.08. The number of nitrogens with zero attached hydrogens (tertiary/aromatic N) is 1. The first-order valence-electron chi connectivity index (χ1n) is 4.46. The Labute approximate surface area is 79.1 Å². The van der Waals surface area contributed by atoms with Gasteiger partial charge in [0, 0.05) is 6.20 Å². The van der Waals surface area contributed by atoms with Crippen LogP contribution in [0.3, 0.4) is 0 Å². The molecule has 0 amide bonds. The molecule has 3 nitrogen and oxygen atoms in total. The maximum absolute atomic E-state index is 5.32. The first kappa shape index (κ1) is 9.99. The van der Waals surface area contributed by atoms with Gasteiger partial charge in [-0.3, -0.25) is 0 Å². The summed E-state index contributed by atoms with van der Waals surface area (Å²) >= 11 is 0. The number of hydrogen-bond donors (Lipinski definition) is 1. The van der Waals surface area contributed by atoms with Gasteiger partial charge in [0.05, 0.1) is 6.10 Å². The number of aryl methyl sites for hydroxylation is 1. The third-order valence-corrected chi connectivity index (χ3v) is 1.58. The highest BCUT2D eigenvalue weighted by atomic mass is 16.5. The highest BCUT2D eigenvalue weighted by Crippen LogP contribution is 2.03. The fraction of sp³-hybridized carbons (Fsp3) is 0.500. The zero-order chi connectivity index (χ0) is 9.68. The first-order chi connectivity index (χ1) is 6.18. The van der Waals surface area contributed by atoms with Crippen LogP contribution in [-0.4, -0.2) is 17.8 Å². The molecule has 1 heterocycles. The lowest BCUT2D eigenvalue weighted by Crippen LogP contribution is -2.12. The van der Waals surface area contributed by atoms with E-state index in [1.54, 1.807) is 0 Å². The Kier molecular flexibility index (Phi) is 3.71. The summed E-state index contributed by atoms with van der Waals surface area (Å²) in [6.07, 6.45) is 2.08. The van der Waals surface area contributed by atoms with Crippen molar-refractivity contribution in [2.24, 2.45) is 0 Å². The fourth-order valence-corrected chi connectivity index (χ4v) is 0.855. The van der Waals surface area contributed by atoms with Gasteiger partial charge in [0.25, 0.3) is 0 Å². The van der Waals surface area contributed by atoms with Gasteiger partial charge in [0.2, 0.25) is 0 Å². The molecule has 0 saturated heterocycles. The third kappa shape index (κ3) is 3.90. The normalized spacial score (nSPS) is 10.5. The number of ether oxygens (including phenoxy) is 1. The van der Waals surface area contributed by atoms with Crippen molar-refractivity contribution in [2.75, 3.05) is 12.0 Å². The summed E-state index contributed by atoms with van der Waals surface area (Å²) in [4.78, 5) is 4.18. The van der Waals surface area contributed by atoms with Crippen LogP contribution in [0.2, 0.25) is 0 Å². The second-order valence-corrected chi connectivity index (χ2v) is 3.26. The van der Waals surface area contributed by atoms with E-state index >= 15 is 0 Å². The molecule has 0 radical (unpaired) electrons. The Morgan fingerprint density at radius 1 is 1.46 bits per heavy atom. The van der Waals surface area contributed by atoms with Crippen LogP contribution in [0.1, 0.15) is 19.4 Å². The number of pyridine rings is 1. The molecular weight excluding hydrogens is 164 g/mol. The van der Waals surface area contributed by atoms with Crippen molar-refractivity contribution in [1.29, 1.82) is 0 Å². The molecule has 0 fully saturated rings. The molecule has 0 spiro atoms. The molecule has 13 heavy (non-hydrogen) atoms. The highest BCUT2D eigenvalue weighted by molar-refractivity contribution is 5.34. The van der Waals surface area contributed by atoms with Crippen LogP contribution in [0.5, 0.6) is 0 Å². The minimum atomic E-state index is 0.248. The van der Waals surface area contributed by atoms with E-state index in [0.717, 1.165) is 11.4 Å². The molecule has 1 aromatic heterocycles. The summed E-state index contributed by atoms with van der Waals surface area (Å²) in [5, 5.41) is 3.07. The van der Waals surface area contributed by atoms with Crippen molar-refractivity contribution < 1.29 is 4.74 Å². The second kappa shape index (κ2) is 4.82. The molecular formula is C10H16N2O. The molecule has 0 unspecified atom stereocenters. The minimum Gasteiger partial charge on any atom is -0.359 e. The summed E-state index contributed by atoms with van der Waals surface area (Å²) in [6.45, 7) is 6.53. The molecule has 72 valence electrons. The Bertz CT molecular complexity index is 244. The maximum Gasteiger partial charge on any atom is 0.127 e. The topological polar surface area (TPSA) is 34.1 Å². The molecule has 1 N–H and O–H groups in total. The van der Waals surface area contributed by atoms with Crippen molar-refractivity contribution in [1.82, 2.24) is 4.98 Å². The van der Waals surface area contributed by atoms with Crippen LogP contribution in [0.25, 0.3) is 0 Å². The number of anilines is 1. The summed E-state index contributed by atoms with van der Waals surface area (Å²) in [7, 11) is 0. The van der Waals surface area contributed by atoms with Gasteiger partial charge < -0.3 is 10.1 Å². The van der Waals surface area contributed by atoms with Gasteiger partial charge in [0.1, 0.15) is 12.5 Å². The Morgan fingerprint density at radius 3 is 2.77 bits per heavy atom. The van der Waals surface area contributed by atoms with Gasteiger partial charge in [-0.25, -0.2) is 4.98 Å². The molecule has 0 atom stereocenters. The molecule has 1 rings (SSSR count). The second-order valence-electron chi connectivity index (χ2n) is 3.26. The lowest BCUT2D eigenvalue weighted by molar-refractivity contribution is 0.0937. The lowest BCUT2D eigenvalue weighted by atomic mass is 10.3. The van der Waals surface area contributed by atoms with Gasteiger partial charge in [0.15, 0.2) is 0 Å². The van der Waals surface area contributed by atoms with E-state index in [9.17, 15) is 0 Å². The first-order valence-corrected chi connectivity index (χ1v) is 4.46. The van der Waals surface area contributed by atoms with Gasteiger partial charge in [-0.1, -0.05) is 6.07 Å². The van der Waals surface area contributed by atoms with Gasteiger partial charge in [-0.05, 0) is 32.4 Å². The third-order valence-electron chi connectivity index (χ3n) is 1.58. The lowest BCUT2D eigenvalue weighted by Gasteiger charge is -2.09.